The van der Waals surface area contributed by atoms with E-state index in [0.717, 1.165) is 36.7 Å². The van der Waals surface area contributed by atoms with E-state index < -0.39 is 0 Å². The average molecular weight is 462 g/mol. The van der Waals surface area contributed by atoms with Gasteiger partial charge in [-0.1, -0.05) is 68.6 Å². The molecule has 4 rings (SSSR count). The molecule has 1 fully saturated rings. The van der Waals surface area contributed by atoms with Gasteiger partial charge in [0.25, 0.3) is 0 Å². The summed E-state index contributed by atoms with van der Waals surface area (Å²) in [6.07, 6.45) is 16.5. The molecule has 6 heteroatoms. The number of nitrogens with two attached hydrogens (primary N) is 2. The molecule has 0 atom stereocenters. The zero-order chi connectivity index (χ0) is 23.4. The number of hydrogen-bond donors (Lipinski definition) is 2. The van der Waals surface area contributed by atoms with Crippen LogP contribution in [-0.2, 0) is 12.8 Å². The second-order valence-corrected chi connectivity index (χ2v) is 10.6. The minimum Gasteiger partial charge on any atom is -0.392 e. The van der Waals surface area contributed by atoms with E-state index >= 15 is 0 Å². The molecule has 1 aromatic rings. The van der Waals surface area contributed by atoms with E-state index in [4.69, 9.17) is 11.5 Å². The molecular weight excluding hydrogens is 426 g/mol. The maximum absolute atomic E-state index is 6.35. The lowest BCUT2D eigenvalue weighted by Crippen LogP contribution is -2.46. The van der Waals surface area contributed by atoms with Gasteiger partial charge in [-0.3, -0.25) is 0 Å². The van der Waals surface area contributed by atoms with Crippen molar-refractivity contribution in [1.82, 2.24) is 9.80 Å². The summed E-state index contributed by atoms with van der Waals surface area (Å²) in [4.78, 5) is 8.74. The van der Waals surface area contributed by atoms with Crippen molar-refractivity contribution in [2.24, 2.45) is 27.8 Å². The Morgan fingerprint density at radius 1 is 1.12 bits per heavy atom. The minimum absolute atomic E-state index is 0.378. The maximum atomic E-state index is 6.35. The highest BCUT2D eigenvalue weighted by atomic mass is 32.2. The third-order valence-electron chi connectivity index (χ3n) is 6.60. The van der Waals surface area contributed by atoms with Crippen molar-refractivity contribution in [3.63, 3.8) is 0 Å². The summed E-state index contributed by atoms with van der Waals surface area (Å²) >= 11 is 1.48. The molecule has 0 radical (unpaired) electrons. The predicted octanol–water partition coefficient (Wildman–Crippen LogP) is 5.07. The fraction of sp³-hybridized carbons (Fsp3) is 0.370. The van der Waals surface area contributed by atoms with Crippen molar-refractivity contribution in [2.75, 3.05) is 13.1 Å². The van der Waals surface area contributed by atoms with E-state index in [9.17, 15) is 0 Å². The van der Waals surface area contributed by atoms with Crippen LogP contribution in [0.4, 0.5) is 0 Å². The number of likely N-dealkylation sites (tertiary alicyclic amines) is 1. The zero-order valence-electron chi connectivity index (χ0n) is 19.7. The first-order valence-corrected chi connectivity index (χ1v) is 12.5. The molecule has 0 saturated carbocycles. The smallest absolute Gasteiger partial charge is 0.195 e. The normalized spacial score (nSPS) is 20.8. The molecular formula is C27H35N5S. The number of hydrogen-bond acceptors (Lipinski definition) is 4. The van der Waals surface area contributed by atoms with Crippen LogP contribution in [0, 0.1) is 11.3 Å². The summed E-state index contributed by atoms with van der Waals surface area (Å²) in [5.41, 5.74) is 17.0. The quantitative estimate of drug-likeness (QED) is 0.473. The number of aliphatic imine (C=N–C) groups is 1. The average Bonchev–Trinajstić information content (AvgIpc) is 3.15. The van der Waals surface area contributed by atoms with E-state index in [0.29, 0.717) is 22.3 Å². The van der Waals surface area contributed by atoms with Crippen LogP contribution in [0.3, 0.4) is 0 Å². The van der Waals surface area contributed by atoms with E-state index in [1.165, 1.54) is 35.7 Å². The first kappa shape index (κ1) is 23.3. The number of rotatable bonds is 5. The Balaban J connectivity index is 1.37. The van der Waals surface area contributed by atoms with Crippen molar-refractivity contribution in [1.29, 1.82) is 0 Å². The lowest BCUT2D eigenvalue weighted by molar-refractivity contribution is 0.157. The molecule has 3 aliphatic rings. The monoisotopic (exact) mass is 461 g/mol. The van der Waals surface area contributed by atoms with Crippen molar-refractivity contribution in [3.05, 3.63) is 94.4 Å². The molecule has 1 aliphatic carbocycles. The Labute approximate surface area is 202 Å². The van der Waals surface area contributed by atoms with Crippen LogP contribution in [0.2, 0.25) is 0 Å². The van der Waals surface area contributed by atoms with Crippen LogP contribution in [0.5, 0.6) is 0 Å². The lowest BCUT2D eigenvalue weighted by atomic mass is 9.76. The van der Waals surface area contributed by atoms with Crippen LogP contribution in [0.15, 0.2) is 88.3 Å². The highest BCUT2D eigenvalue weighted by Crippen LogP contribution is 2.44. The molecule has 0 bridgehead atoms. The number of thioether (sulfide) groups is 1. The molecule has 1 spiro atoms. The van der Waals surface area contributed by atoms with Gasteiger partial charge in [0.1, 0.15) is 0 Å². The molecule has 2 aliphatic heterocycles. The summed E-state index contributed by atoms with van der Waals surface area (Å²) in [6.45, 7) is 10.3. The lowest BCUT2D eigenvalue weighted by Gasteiger charge is -2.39. The van der Waals surface area contributed by atoms with Gasteiger partial charge in [0.2, 0.25) is 0 Å². The van der Waals surface area contributed by atoms with E-state index in [-0.39, 0.29) is 0 Å². The first-order valence-electron chi connectivity index (χ1n) is 11.7. The highest BCUT2D eigenvalue weighted by Gasteiger charge is 2.39. The Morgan fingerprint density at radius 2 is 1.79 bits per heavy atom. The van der Waals surface area contributed by atoms with E-state index in [1.807, 2.05) is 29.3 Å². The van der Waals surface area contributed by atoms with Crippen molar-refractivity contribution in [3.8, 4) is 0 Å². The third kappa shape index (κ3) is 5.56. The van der Waals surface area contributed by atoms with Crippen LogP contribution in [0.25, 0.3) is 0 Å². The van der Waals surface area contributed by atoms with Crippen molar-refractivity contribution in [2.45, 2.75) is 39.5 Å². The predicted molar refractivity (Wildman–Crippen MR) is 141 cm³/mol. The van der Waals surface area contributed by atoms with E-state index in [2.05, 4.69) is 60.7 Å². The van der Waals surface area contributed by atoms with Gasteiger partial charge in [-0.15, -0.1) is 0 Å². The number of piperidine rings is 1. The van der Waals surface area contributed by atoms with Gasteiger partial charge in [0, 0.05) is 25.0 Å². The number of nitrogens with zero attached hydrogens (tertiary/aromatic N) is 3. The van der Waals surface area contributed by atoms with Crippen LogP contribution >= 0.6 is 11.8 Å². The fourth-order valence-electron chi connectivity index (χ4n) is 4.84. The summed E-state index contributed by atoms with van der Waals surface area (Å²) in [5, 5.41) is 1.61. The molecule has 0 unspecified atom stereocenters. The first-order chi connectivity index (χ1) is 15.8. The molecule has 4 N–H and O–H groups in total. The van der Waals surface area contributed by atoms with Gasteiger partial charge in [-0.05, 0) is 60.3 Å². The SMILES string of the molecule is C=C1C=CC=CN1/C(=C\C(C)C)S/C(N)=C/N=C(N)N1CCC2(CC1)Cc1ccccc1C2. The van der Waals surface area contributed by atoms with Gasteiger partial charge in [-0.25, -0.2) is 4.99 Å². The highest BCUT2D eigenvalue weighted by molar-refractivity contribution is 8.06. The molecule has 2 heterocycles. The van der Waals surface area contributed by atoms with Gasteiger partial charge in [-0.2, -0.15) is 0 Å². The van der Waals surface area contributed by atoms with Gasteiger partial charge < -0.3 is 21.3 Å². The molecule has 0 amide bonds. The van der Waals surface area contributed by atoms with Gasteiger partial charge >= 0.3 is 0 Å². The second kappa shape index (κ2) is 9.96. The minimum atomic E-state index is 0.378. The van der Waals surface area contributed by atoms with Crippen molar-refractivity contribution >= 4 is 17.7 Å². The molecule has 5 nitrogen and oxygen atoms in total. The van der Waals surface area contributed by atoms with Gasteiger partial charge in [0.15, 0.2) is 5.96 Å². The fourth-order valence-corrected chi connectivity index (χ4v) is 5.80. The van der Waals surface area contributed by atoms with Crippen LogP contribution in [-0.4, -0.2) is 28.8 Å². The van der Waals surface area contributed by atoms with E-state index in [1.54, 1.807) is 6.20 Å². The Kier molecular flexibility index (Phi) is 7.03. The Bertz CT molecular complexity index is 1010. The molecule has 33 heavy (non-hydrogen) atoms. The number of fused-ring (bicyclic) bond motifs is 1. The van der Waals surface area contributed by atoms with Crippen molar-refractivity contribution < 1.29 is 0 Å². The number of benzene rings is 1. The standard InChI is InChI=1S/C27H35N5S/c1-20(2)16-25(32-13-7-6-8-21(32)3)33-24(28)19-30-26(29)31-14-11-27(12-15-31)17-22-9-4-5-10-23(22)18-27/h4-10,13,16,19-20H,3,11-12,14-15,17-18,28H2,1-2H3,(H2,29,30)/b24-19+,25-16+. The summed E-state index contributed by atoms with van der Waals surface area (Å²) < 4.78 is 0. The molecule has 1 saturated heterocycles. The topological polar surface area (TPSA) is 70.9 Å². The van der Waals surface area contributed by atoms with Gasteiger partial charge in [0.05, 0.1) is 16.3 Å². The second-order valence-electron chi connectivity index (χ2n) is 9.54. The number of allylic oxidation sites excluding steroid dienone is 4. The molecule has 0 aromatic heterocycles. The third-order valence-corrected chi connectivity index (χ3v) is 7.48. The summed E-state index contributed by atoms with van der Waals surface area (Å²) in [6, 6.07) is 8.88. The largest absolute Gasteiger partial charge is 0.392 e. The summed E-state index contributed by atoms with van der Waals surface area (Å²) in [5.74, 6) is 0.923. The number of guanidine groups is 1. The molecule has 174 valence electrons. The Hall–Kier alpha value is -2.86. The maximum Gasteiger partial charge on any atom is 0.195 e. The molecule has 1 aromatic carbocycles. The zero-order valence-corrected chi connectivity index (χ0v) is 20.5. The Morgan fingerprint density at radius 3 is 2.39 bits per heavy atom. The van der Waals surface area contributed by atoms with Crippen LogP contribution in [0.1, 0.15) is 37.8 Å². The van der Waals surface area contributed by atoms with Crippen LogP contribution < -0.4 is 11.5 Å². The summed E-state index contributed by atoms with van der Waals surface area (Å²) in [7, 11) is 0.